The van der Waals surface area contributed by atoms with Gasteiger partial charge in [0.05, 0.1) is 0 Å². The van der Waals surface area contributed by atoms with Gasteiger partial charge in [-0.15, -0.1) is 0 Å². The van der Waals surface area contributed by atoms with Crippen LogP contribution in [0.1, 0.15) is 35.7 Å². The van der Waals surface area contributed by atoms with Crippen molar-refractivity contribution < 1.29 is 4.79 Å². The summed E-state index contributed by atoms with van der Waals surface area (Å²) in [5.41, 5.74) is 3.49. The smallest absolute Gasteiger partial charge is 0.259 e. The van der Waals surface area contributed by atoms with Crippen LogP contribution in [0.2, 0.25) is 0 Å². The van der Waals surface area contributed by atoms with Crippen LogP contribution >= 0.6 is 0 Å². The van der Waals surface area contributed by atoms with Crippen LogP contribution in [-0.4, -0.2) is 33.9 Å². The molecule has 1 amide bonds. The Bertz CT molecular complexity index is 995. The first-order valence-electron chi connectivity index (χ1n) is 10.2. The van der Waals surface area contributed by atoms with Crippen LogP contribution in [0.4, 0.5) is 11.5 Å². The highest BCUT2D eigenvalue weighted by atomic mass is 16.2. The van der Waals surface area contributed by atoms with Gasteiger partial charge in [-0.3, -0.25) is 4.79 Å². The van der Waals surface area contributed by atoms with Crippen LogP contribution in [0.5, 0.6) is 0 Å². The molecule has 1 aliphatic rings. The molecule has 0 aliphatic carbocycles. The number of benzene rings is 2. The first-order valence-corrected chi connectivity index (χ1v) is 10.2. The Balaban J connectivity index is 1.70. The highest BCUT2D eigenvalue weighted by molar-refractivity contribution is 5.99. The van der Waals surface area contributed by atoms with E-state index < -0.39 is 0 Å². The third kappa shape index (κ3) is 4.45. The molecule has 5 nitrogen and oxygen atoms in total. The SMILES string of the molecule is Cc1cccc(Nc2nc(-c3ccccc3)ncc2C(=O)N2CCC(C)CC2)c1. The van der Waals surface area contributed by atoms with Gasteiger partial charge in [-0.1, -0.05) is 49.4 Å². The predicted molar refractivity (Wildman–Crippen MR) is 116 cm³/mol. The van der Waals surface area contributed by atoms with Crippen molar-refractivity contribution in [1.29, 1.82) is 0 Å². The molecule has 3 aromatic rings. The van der Waals surface area contributed by atoms with Crippen LogP contribution < -0.4 is 5.32 Å². The maximum atomic E-state index is 13.2. The topological polar surface area (TPSA) is 58.1 Å². The zero-order chi connectivity index (χ0) is 20.2. The molecule has 1 fully saturated rings. The third-order valence-corrected chi connectivity index (χ3v) is 5.40. The number of likely N-dealkylation sites (tertiary alicyclic amines) is 1. The summed E-state index contributed by atoms with van der Waals surface area (Å²) in [5, 5.41) is 3.35. The molecular formula is C24H26N4O. The van der Waals surface area contributed by atoms with Crippen LogP contribution in [0.3, 0.4) is 0 Å². The van der Waals surface area contributed by atoms with Crippen molar-refractivity contribution in [2.75, 3.05) is 18.4 Å². The summed E-state index contributed by atoms with van der Waals surface area (Å²) in [6.45, 7) is 5.85. The average molecular weight is 386 g/mol. The van der Waals surface area contributed by atoms with Crippen molar-refractivity contribution in [3.8, 4) is 11.4 Å². The van der Waals surface area contributed by atoms with E-state index in [1.165, 1.54) is 0 Å². The van der Waals surface area contributed by atoms with Crippen molar-refractivity contribution in [1.82, 2.24) is 14.9 Å². The first kappa shape index (κ1) is 19.1. The van der Waals surface area contributed by atoms with Crippen LogP contribution in [0.15, 0.2) is 60.8 Å². The van der Waals surface area contributed by atoms with Gasteiger partial charge in [0, 0.05) is 30.5 Å². The number of rotatable bonds is 4. The molecule has 2 aromatic carbocycles. The molecule has 0 saturated carbocycles. The monoisotopic (exact) mass is 386 g/mol. The number of amides is 1. The van der Waals surface area contributed by atoms with Gasteiger partial charge in [-0.25, -0.2) is 9.97 Å². The summed E-state index contributed by atoms with van der Waals surface area (Å²) in [6.07, 6.45) is 3.73. The number of nitrogens with one attached hydrogen (secondary N) is 1. The van der Waals surface area contributed by atoms with Crippen LogP contribution in [0.25, 0.3) is 11.4 Å². The minimum Gasteiger partial charge on any atom is -0.339 e. The molecule has 1 aromatic heterocycles. The number of aryl methyl sites for hydroxylation is 1. The van der Waals surface area contributed by atoms with Gasteiger partial charge in [0.15, 0.2) is 5.82 Å². The van der Waals surface area contributed by atoms with E-state index in [9.17, 15) is 4.79 Å². The fourth-order valence-electron chi connectivity index (χ4n) is 3.60. The number of anilines is 2. The number of hydrogen-bond acceptors (Lipinski definition) is 4. The second-order valence-corrected chi connectivity index (χ2v) is 7.79. The molecule has 0 atom stereocenters. The summed E-state index contributed by atoms with van der Waals surface area (Å²) in [6, 6.07) is 17.9. The number of nitrogens with zero attached hydrogens (tertiary/aromatic N) is 3. The Morgan fingerprint density at radius 1 is 1.07 bits per heavy atom. The van der Waals surface area contributed by atoms with Crippen molar-refractivity contribution in [2.24, 2.45) is 5.92 Å². The molecule has 5 heteroatoms. The molecule has 29 heavy (non-hydrogen) atoms. The highest BCUT2D eigenvalue weighted by Gasteiger charge is 2.25. The maximum Gasteiger partial charge on any atom is 0.259 e. The number of carbonyl (C=O) groups is 1. The summed E-state index contributed by atoms with van der Waals surface area (Å²) in [5.74, 6) is 1.81. The summed E-state index contributed by atoms with van der Waals surface area (Å²) in [4.78, 5) is 24.4. The second-order valence-electron chi connectivity index (χ2n) is 7.79. The fraction of sp³-hybridized carbons (Fsp3) is 0.292. The quantitative estimate of drug-likeness (QED) is 0.680. The standard InChI is InChI=1S/C24H26N4O/c1-17-11-13-28(14-12-17)24(29)21-16-25-22(19-8-4-3-5-9-19)27-23(21)26-20-10-6-7-18(2)15-20/h3-10,15-17H,11-14H2,1-2H3,(H,25,26,27). The second kappa shape index (κ2) is 8.43. The van der Waals surface area contributed by atoms with Crippen molar-refractivity contribution in [3.63, 3.8) is 0 Å². The molecule has 1 N–H and O–H groups in total. The van der Waals surface area contributed by atoms with E-state index in [1.54, 1.807) is 6.20 Å². The predicted octanol–water partition coefficient (Wildman–Crippen LogP) is 5.07. The largest absolute Gasteiger partial charge is 0.339 e. The molecular weight excluding hydrogens is 360 g/mol. The number of piperidine rings is 1. The molecule has 4 rings (SSSR count). The molecule has 0 bridgehead atoms. The Kier molecular flexibility index (Phi) is 5.56. The van der Waals surface area contributed by atoms with Crippen LogP contribution in [0, 0.1) is 12.8 Å². The van der Waals surface area contributed by atoms with Crippen molar-refractivity contribution >= 4 is 17.4 Å². The lowest BCUT2D eigenvalue weighted by Gasteiger charge is -2.30. The lowest BCUT2D eigenvalue weighted by molar-refractivity contribution is 0.0697. The van der Waals surface area contributed by atoms with E-state index in [0.29, 0.717) is 23.1 Å². The van der Waals surface area contributed by atoms with Gasteiger partial charge in [-0.2, -0.15) is 0 Å². The zero-order valence-corrected chi connectivity index (χ0v) is 16.9. The number of hydrogen-bond donors (Lipinski definition) is 1. The number of carbonyl (C=O) groups excluding carboxylic acids is 1. The summed E-state index contributed by atoms with van der Waals surface area (Å²) in [7, 11) is 0. The molecule has 1 aliphatic heterocycles. The van der Waals surface area contributed by atoms with Gasteiger partial charge in [-0.05, 0) is 43.4 Å². The Hall–Kier alpha value is -3.21. The number of aromatic nitrogens is 2. The lowest BCUT2D eigenvalue weighted by atomic mass is 9.99. The molecule has 1 saturated heterocycles. The summed E-state index contributed by atoms with van der Waals surface area (Å²) >= 11 is 0. The molecule has 0 radical (unpaired) electrons. The molecule has 0 unspecified atom stereocenters. The Morgan fingerprint density at radius 2 is 1.83 bits per heavy atom. The third-order valence-electron chi connectivity index (χ3n) is 5.40. The molecule has 148 valence electrons. The van der Waals surface area contributed by atoms with E-state index >= 15 is 0 Å². The van der Waals surface area contributed by atoms with Crippen LogP contribution in [-0.2, 0) is 0 Å². The van der Waals surface area contributed by atoms with E-state index in [4.69, 9.17) is 4.98 Å². The highest BCUT2D eigenvalue weighted by Crippen LogP contribution is 2.26. The summed E-state index contributed by atoms with van der Waals surface area (Å²) < 4.78 is 0. The normalized spacial score (nSPS) is 14.6. The fourth-order valence-corrected chi connectivity index (χ4v) is 3.60. The van der Waals surface area contributed by atoms with E-state index in [0.717, 1.165) is 42.7 Å². The van der Waals surface area contributed by atoms with Gasteiger partial charge in [0.2, 0.25) is 0 Å². The van der Waals surface area contributed by atoms with E-state index in [-0.39, 0.29) is 5.91 Å². The minimum absolute atomic E-state index is 0.00772. The first-order chi connectivity index (χ1) is 14.1. The van der Waals surface area contributed by atoms with Crippen molar-refractivity contribution in [2.45, 2.75) is 26.7 Å². The minimum atomic E-state index is -0.00772. The van der Waals surface area contributed by atoms with Gasteiger partial charge >= 0.3 is 0 Å². The van der Waals surface area contributed by atoms with E-state index in [2.05, 4.69) is 17.2 Å². The average Bonchev–Trinajstić information content (AvgIpc) is 2.74. The van der Waals surface area contributed by atoms with E-state index in [1.807, 2.05) is 66.4 Å². The van der Waals surface area contributed by atoms with Gasteiger partial charge in [0.25, 0.3) is 5.91 Å². The van der Waals surface area contributed by atoms with Gasteiger partial charge in [0.1, 0.15) is 11.4 Å². The Morgan fingerprint density at radius 3 is 2.55 bits per heavy atom. The molecule has 2 heterocycles. The lowest BCUT2D eigenvalue weighted by Crippen LogP contribution is -2.38. The maximum absolute atomic E-state index is 13.2. The zero-order valence-electron chi connectivity index (χ0n) is 16.9. The Labute approximate surface area is 171 Å². The van der Waals surface area contributed by atoms with Crippen molar-refractivity contribution in [3.05, 3.63) is 71.9 Å². The van der Waals surface area contributed by atoms with Gasteiger partial charge < -0.3 is 10.2 Å². The molecule has 0 spiro atoms.